The third-order valence-electron chi connectivity index (χ3n) is 7.57. The molecule has 1 aliphatic carbocycles. The van der Waals surface area contributed by atoms with E-state index in [0.717, 1.165) is 29.4 Å². The van der Waals surface area contributed by atoms with E-state index in [0.29, 0.717) is 41.7 Å². The van der Waals surface area contributed by atoms with E-state index in [-0.39, 0.29) is 18.6 Å². The molecule has 2 aliphatic rings. The van der Waals surface area contributed by atoms with Crippen molar-refractivity contribution in [3.8, 4) is 17.2 Å². The molecule has 2 aromatic carbocycles. The second-order valence-electron chi connectivity index (χ2n) is 9.68. The molecule has 1 fully saturated rings. The summed E-state index contributed by atoms with van der Waals surface area (Å²) in [6, 6.07) is 12.3. The fourth-order valence-electron chi connectivity index (χ4n) is 5.65. The molecule has 7 heteroatoms. The van der Waals surface area contributed by atoms with Crippen LogP contribution < -0.4 is 19.8 Å². The van der Waals surface area contributed by atoms with Crippen molar-refractivity contribution < 1.29 is 23.4 Å². The molecule has 1 atom stereocenters. The number of para-hydroxylation sites is 1. The average Bonchev–Trinajstić information content (AvgIpc) is 3.43. The Morgan fingerprint density at radius 1 is 1.03 bits per heavy atom. The van der Waals surface area contributed by atoms with Gasteiger partial charge in [0, 0.05) is 13.0 Å². The number of carbonyl (C=O) groups is 1. The fraction of sp³-hybridized carbons (Fsp3) is 0.448. The van der Waals surface area contributed by atoms with Crippen molar-refractivity contribution in [2.24, 2.45) is 5.92 Å². The Morgan fingerprint density at radius 3 is 2.56 bits per heavy atom. The molecule has 1 aromatic heterocycles. The summed E-state index contributed by atoms with van der Waals surface area (Å²) in [4.78, 5) is 27.6. The number of methoxy groups -OCH3 is 2. The monoisotopic (exact) mass is 491 g/mol. The molecular weight excluding hydrogens is 458 g/mol. The Kier molecular flexibility index (Phi) is 7.16. The molecule has 1 saturated carbocycles. The van der Waals surface area contributed by atoms with Gasteiger partial charge in [0.15, 0.2) is 11.5 Å². The topological polar surface area (TPSA) is 78.2 Å². The van der Waals surface area contributed by atoms with Gasteiger partial charge in [-0.1, -0.05) is 37.8 Å². The summed E-state index contributed by atoms with van der Waals surface area (Å²) >= 11 is 0. The van der Waals surface area contributed by atoms with Gasteiger partial charge in [-0.3, -0.25) is 4.79 Å². The normalized spacial score (nSPS) is 17.7. The summed E-state index contributed by atoms with van der Waals surface area (Å²) in [7, 11) is 3.23. The number of hydrogen-bond acceptors (Lipinski definition) is 6. The van der Waals surface area contributed by atoms with Crippen LogP contribution in [0.5, 0.6) is 17.2 Å². The Bertz CT molecular complexity index is 1290. The number of nitrogens with zero attached hydrogens (tertiary/aromatic N) is 1. The van der Waals surface area contributed by atoms with E-state index in [1.165, 1.54) is 31.7 Å². The Labute approximate surface area is 210 Å². The summed E-state index contributed by atoms with van der Waals surface area (Å²) in [5, 5.41) is 0.722. The zero-order chi connectivity index (χ0) is 25.1. The average molecular weight is 492 g/mol. The fourth-order valence-corrected chi connectivity index (χ4v) is 5.65. The van der Waals surface area contributed by atoms with E-state index in [1.54, 1.807) is 20.3 Å². The van der Waals surface area contributed by atoms with Crippen LogP contribution in [0.3, 0.4) is 0 Å². The highest BCUT2D eigenvalue weighted by Gasteiger charge is 2.33. The SMILES string of the molecule is COc1cc2c(cc1OC)C(COc1cc(=O)oc3ccccc13)N(C(=O)CCC1CCCC1)CC2. The number of benzene rings is 2. The molecule has 36 heavy (non-hydrogen) atoms. The highest BCUT2D eigenvalue weighted by molar-refractivity contribution is 5.83. The van der Waals surface area contributed by atoms with Crippen LogP contribution in [0.25, 0.3) is 11.0 Å². The molecule has 3 aromatic rings. The Hall–Kier alpha value is -3.48. The van der Waals surface area contributed by atoms with Crippen LogP contribution in [0.1, 0.15) is 55.7 Å². The molecule has 0 radical (unpaired) electrons. The van der Waals surface area contributed by atoms with E-state index in [4.69, 9.17) is 18.6 Å². The first-order chi connectivity index (χ1) is 17.6. The van der Waals surface area contributed by atoms with Gasteiger partial charge in [-0.2, -0.15) is 0 Å². The summed E-state index contributed by atoms with van der Waals surface area (Å²) < 4.78 is 22.7. The van der Waals surface area contributed by atoms with E-state index in [9.17, 15) is 9.59 Å². The van der Waals surface area contributed by atoms with E-state index < -0.39 is 5.63 Å². The minimum Gasteiger partial charge on any atom is -0.493 e. The first-order valence-corrected chi connectivity index (χ1v) is 12.8. The van der Waals surface area contributed by atoms with Crippen molar-refractivity contribution in [1.82, 2.24) is 4.90 Å². The maximum Gasteiger partial charge on any atom is 0.339 e. The molecule has 0 saturated heterocycles. The highest BCUT2D eigenvalue weighted by atomic mass is 16.5. The van der Waals surface area contributed by atoms with E-state index in [1.807, 2.05) is 35.2 Å². The van der Waals surface area contributed by atoms with Gasteiger partial charge in [0.25, 0.3) is 0 Å². The molecule has 0 spiro atoms. The summed E-state index contributed by atoms with van der Waals surface area (Å²) in [5.74, 6) is 2.54. The predicted octanol–water partition coefficient (Wildman–Crippen LogP) is 5.29. The second-order valence-corrected chi connectivity index (χ2v) is 9.68. The largest absolute Gasteiger partial charge is 0.493 e. The molecule has 7 nitrogen and oxygen atoms in total. The molecule has 2 heterocycles. The van der Waals surface area contributed by atoms with E-state index in [2.05, 4.69) is 0 Å². The van der Waals surface area contributed by atoms with Crippen LogP contribution >= 0.6 is 0 Å². The van der Waals surface area contributed by atoms with Gasteiger partial charge in [0.2, 0.25) is 5.91 Å². The van der Waals surface area contributed by atoms with Crippen LogP contribution in [0.2, 0.25) is 0 Å². The third kappa shape index (κ3) is 4.92. The van der Waals surface area contributed by atoms with Crippen LogP contribution in [-0.4, -0.2) is 38.2 Å². The quantitative estimate of drug-likeness (QED) is 0.399. The molecule has 0 N–H and O–H groups in total. The van der Waals surface area contributed by atoms with Crippen LogP contribution in [0, 0.1) is 5.92 Å². The van der Waals surface area contributed by atoms with Crippen molar-refractivity contribution in [2.75, 3.05) is 27.4 Å². The molecular formula is C29H33NO6. The molecule has 1 unspecified atom stereocenters. The van der Waals surface area contributed by atoms with Crippen LogP contribution in [0.15, 0.2) is 51.7 Å². The number of carbonyl (C=O) groups excluding carboxylic acids is 1. The van der Waals surface area contributed by atoms with Crippen molar-refractivity contribution in [2.45, 2.75) is 51.0 Å². The second kappa shape index (κ2) is 10.6. The van der Waals surface area contributed by atoms with Gasteiger partial charge in [0.05, 0.1) is 31.7 Å². The van der Waals surface area contributed by atoms with Crippen molar-refractivity contribution >= 4 is 16.9 Å². The summed E-state index contributed by atoms with van der Waals surface area (Å²) in [5.41, 5.74) is 2.10. The van der Waals surface area contributed by atoms with Gasteiger partial charge in [-0.15, -0.1) is 0 Å². The lowest BCUT2D eigenvalue weighted by Gasteiger charge is -2.38. The van der Waals surface area contributed by atoms with Crippen LogP contribution in [-0.2, 0) is 11.2 Å². The standard InChI is InChI=1S/C29H33NO6/c1-33-26-15-20-13-14-30(28(31)12-11-19-7-3-4-8-19)23(22(20)16-27(26)34-2)18-35-25-17-29(32)36-24-10-6-5-9-21(24)25/h5-6,9-10,15-17,19,23H,3-4,7-8,11-14,18H2,1-2H3. The van der Waals surface area contributed by atoms with Gasteiger partial charge < -0.3 is 23.5 Å². The number of hydrogen-bond donors (Lipinski definition) is 0. The van der Waals surface area contributed by atoms with Crippen molar-refractivity contribution in [1.29, 1.82) is 0 Å². The minimum atomic E-state index is -0.469. The maximum absolute atomic E-state index is 13.5. The van der Waals surface area contributed by atoms with Crippen molar-refractivity contribution in [3.05, 3.63) is 64.0 Å². The molecule has 1 aliphatic heterocycles. The lowest BCUT2D eigenvalue weighted by atomic mass is 9.91. The van der Waals surface area contributed by atoms with Gasteiger partial charge in [-0.05, 0) is 54.2 Å². The predicted molar refractivity (Wildman–Crippen MR) is 137 cm³/mol. The molecule has 190 valence electrons. The van der Waals surface area contributed by atoms with Crippen molar-refractivity contribution in [3.63, 3.8) is 0 Å². The Morgan fingerprint density at radius 2 is 1.78 bits per heavy atom. The molecule has 1 amide bonds. The highest BCUT2D eigenvalue weighted by Crippen LogP contribution is 2.39. The van der Waals surface area contributed by atoms with Gasteiger partial charge in [0.1, 0.15) is 17.9 Å². The van der Waals surface area contributed by atoms with Gasteiger partial charge >= 0.3 is 5.63 Å². The number of ether oxygens (including phenoxy) is 3. The summed E-state index contributed by atoms with van der Waals surface area (Å²) in [6.45, 7) is 0.822. The maximum atomic E-state index is 13.5. The third-order valence-corrected chi connectivity index (χ3v) is 7.57. The number of rotatable bonds is 8. The first kappa shape index (κ1) is 24.2. The lowest BCUT2D eigenvalue weighted by Crippen LogP contribution is -2.42. The molecule has 5 rings (SSSR count). The number of fused-ring (bicyclic) bond motifs is 2. The van der Waals surface area contributed by atoms with Gasteiger partial charge in [-0.25, -0.2) is 4.79 Å². The van der Waals surface area contributed by atoms with E-state index >= 15 is 0 Å². The zero-order valence-electron chi connectivity index (χ0n) is 21.0. The minimum absolute atomic E-state index is 0.147. The smallest absolute Gasteiger partial charge is 0.339 e. The number of amides is 1. The molecule has 0 bridgehead atoms. The Balaban J connectivity index is 1.45. The summed E-state index contributed by atoms with van der Waals surface area (Å²) in [6.07, 6.45) is 7.21. The lowest BCUT2D eigenvalue weighted by molar-refractivity contribution is -0.135. The first-order valence-electron chi connectivity index (χ1n) is 12.8. The zero-order valence-corrected chi connectivity index (χ0v) is 21.0. The van der Waals surface area contributed by atoms with Crippen LogP contribution in [0.4, 0.5) is 0 Å².